The molecule has 0 radical (unpaired) electrons. The molecule has 0 aliphatic carbocycles. The second-order valence-corrected chi connectivity index (χ2v) is 2.15. The fourth-order valence-corrected chi connectivity index (χ4v) is 0.850. The molecule has 0 unspecified atom stereocenters. The molecule has 0 aromatic carbocycles. The minimum Gasteiger partial charge on any atom is -0.408 e. The standard InChI is InChI=1S/C8H13N2O2/c1-3-11-8(12-4-2)10-6-5-9-7-10/h5-6,8H,3-4H2,1-2H3/q-1. The highest BCUT2D eigenvalue weighted by molar-refractivity contribution is 4.72. The van der Waals surface area contributed by atoms with Crippen molar-refractivity contribution in [3.8, 4) is 0 Å². The number of ether oxygens (including phenoxy) is 2. The molecule has 0 amide bonds. The Bertz CT molecular complexity index is 193. The van der Waals surface area contributed by atoms with E-state index in [4.69, 9.17) is 9.47 Å². The fraction of sp³-hybridized carbons (Fsp3) is 0.625. The Labute approximate surface area is 72.1 Å². The molecule has 1 heterocycles. The normalized spacial score (nSPS) is 10.9. The lowest BCUT2D eigenvalue weighted by Gasteiger charge is -2.21. The molecule has 12 heavy (non-hydrogen) atoms. The summed E-state index contributed by atoms with van der Waals surface area (Å²) in [5.74, 6) is 0. The molecule has 1 aromatic rings. The predicted molar refractivity (Wildman–Crippen MR) is 43.4 cm³/mol. The van der Waals surface area contributed by atoms with Gasteiger partial charge in [0.25, 0.3) is 0 Å². The zero-order chi connectivity index (χ0) is 8.81. The van der Waals surface area contributed by atoms with Crippen LogP contribution in [0.15, 0.2) is 12.4 Å². The molecule has 4 heteroatoms. The maximum absolute atomic E-state index is 5.30. The summed E-state index contributed by atoms with van der Waals surface area (Å²) in [5.41, 5.74) is 0. The molecule has 0 aliphatic rings. The molecular formula is C8H13N2O2-. The van der Waals surface area contributed by atoms with Gasteiger partial charge in [0.15, 0.2) is 0 Å². The smallest absolute Gasteiger partial charge is 0.222 e. The Morgan fingerprint density at radius 3 is 2.50 bits per heavy atom. The minimum absolute atomic E-state index is 0.387. The van der Waals surface area contributed by atoms with Crippen molar-refractivity contribution in [2.45, 2.75) is 20.3 Å². The lowest BCUT2D eigenvalue weighted by atomic mass is 10.8. The number of imidazole rings is 1. The van der Waals surface area contributed by atoms with E-state index >= 15 is 0 Å². The van der Waals surface area contributed by atoms with Gasteiger partial charge in [-0.15, -0.1) is 12.4 Å². The van der Waals surface area contributed by atoms with Crippen LogP contribution in [0.4, 0.5) is 0 Å². The molecule has 4 nitrogen and oxygen atoms in total. The third kappa shape index (κ3) is 2.32. The Hall–Kier alpha value is -0.870. The SMILES string of the molecule is CCOC(OCC)n1[c-]ncc1. The number of hydrogen-bond donors (Lipinski definition) is 0. The molecule has 1 aromatic heterocycles. The summed E-state index contributed by atoms with van der Waals surface area (Å²) < 4.78 is 12.3. The van der Waals surface area contributed by atoms with Crippen molar-refractivity contribution in [1.82, 2.24) is 9.55 Å². The van der Waals surface area contributed by atoms with Crippen LogP contribution >= 0.6 is 0 Å². The maximum atomic E-state index is 5.30. The number of nitrogens with zero attached hydrogens (tertiary/aromatic N) is 2. The first-order valence-corrected chi connectivity index (χ1v) is 4.02. The van der Waals surface area contributed by atoms with Gasteiger partial charge in [0.05, 0.1) is 0 Å². The molecule has 68 valence electrons. The van der Waals surface area contributed by atoms with Crippen molar-refractivity contribution in [3.63, 3.8) is 0 Å². The van der Waals surface area contributed by atoms with Gasteiger partial charge in [-0.25, -0.2) is 0 Å². The van der Waals surface area contributed by atoms with Gasteiger partial charge in [-0.3, -0.25) is 0 Å². The molecule has 0 saturated heterocycles. The minimum atomic E-state index is -0.387. The molecule has 0 N–H and O–H groups in total. The summed E-state index contributed by atoms with van der Waals surface area (Å²) in [6.45, 7) is 5.05. The molecule has 0 aliphatic heterocycles. The van der Waals surface area contributed by atoms with E-state index in [2.05, 4.69) is 11.3 Å². The van der Waals surface area contributed by atoms with Crippen molar-refractivity contribution >= 4 is 0 Å². The summed E-state index contributed by atoms with van der Waals surface area (Å²) in [6, 6.07) is 0. The van der Waals surface area contributed by atoms with Crippen LogP contribution in [-0.2, 0) is 9.47 Å². The van der Waals surface area contributed by atoms with Gasteiger partial charge in [-0.2, -0.15) is 0 Å². The highest BCUT2D eigenvalue weighted by atomic mass is 16.7. The Morgan fingerprint density at radius 1 is 1.42 bits per heavy atom. The first-order chi connectivity index (χ1) is 5.88. The van der Waals surface area contributed by atoms with Crippen LogP contribution in [0, 0.1) is 6.33 Å². The molecule has 0 spiro atoms. The van der Waals surface area contributed by atoms with E-state index in [0.29, 0.717) is 13.2 Å². The Kier molecular flexibility index (Phi) is 3.76. The lowest BCUT2D eigenvalue weighted by molar-refractivity contribution is -0.186. The van der Waals surface area contributed by atoms with Gasteiger partial charge < -0.3 is 19.0 Å². The van der Waals surface area contributed by atoms with Crippen molar-refractivity contribution in [3.05, 3.63) is 18.7 Å². The quantitative estimate of drug-likeness (QED) is 0.491. The topological polar surface area (TPSA) is 36.3 Å². The van der Waals surface area contributed by atoms with Gasteiger partial charge in [-0.05, 0) is 13.8 Å². The molecule has 0 saturated carbocycles. The van der Waals surface area contributed by atoms with Gasteiger partial charge >= 0.3 is 0 Å². The summed E-state index contributed by atoms with van der Waals surface area (Å²) in [4.78, 5) is 3.79. The third-order valence-electron chi connectivity index (χ3n) is 1.32. The van der Waals surface area contributed by atoms with E-state index in [-0.39, 0.29) is 6.41 Å². The second-order valence-electron chi connectivity index (χ2n) is 2.15. The van der Waals surface area contributed by atoms with E-state index < -0.39 is 0 Å². The van der Waals surface area contributed by atoms with Gasteiger partial charge in [-0.1, -0.05) is 0 Å². The highest BCUT2D eigenvalue weighted by Gasteiger charge is 2.03. The average Bonchev–Trinajstić information content (AvgIpc) is 2.56. The van der Waals surface area contributed by atoms with Crippen LogP contribution in [-0.4, -0.2) is 22.8 Å². The van der Waals surface area contributed by atoms with Crippen LogP contribution in [0.1, 0.15) is 20.3 Å². The summed E-state index contributed by atoms with van der Waals surface area (Å²) in [5, 5.41) is 0. The molecule has 1 rings (SSSR count). The molecular weight excluding hydrogens is 156 g/mol. The number of hydrogen-bond acceptors (Lipinski definition) is 3. The summed E-state index contributed by atoms with van der Waals surface area (Å²) >= 11 is 0. The largest absolute Gasteiger partial charge is 0.408 e. The number of rotatable bonds is 5. The Morgan fingerprint density at radius 2 is 2.08 bits per heavy atom. The molecule has 0 bridgehead atoms. The van der Waals surface area contributed by atoms with E-state index in [1.165, 1.54) is 0 Å². The molecule has 0 fully saturated rings. The lowest BCUT2D eigenvalue weighted by Crippen LogP contribution is -2.15. The second kappa shape index (κ2) is 4.90. The van der Waals surface area contributed by atoms with Crippen LogP contribution in [0.2, 0.25) is 0 Å². The average molecular weight is 169 g/mol. The van der Waals surface area contributed by atoms with Crippen LogP contribution in [0.3, 0.4) is 0 Å². The zero-order valence-electron chi connectivity index (χ0n) is 7.36. The van der Waals surface area contributed by atoms with Gasteiger partial charge in [0.1, 0.15) is 0 Å². The van der Waals surface area contributed by atoms with Gasteiger partial charge in [0, 0.05) is 19.5 Å². The third-order valence-corrected chi connectivity index (χ3v) is 1.32. The summed E-state index contributed by atoms with van der Waals surface area (Å²) in [7, 11) is 0. The van der Waals surface area contributed by atoms with E-state index in [0.717, 1.165) is 0 Å². The van der Waals surface area contributed by atoms with Crippen molar-refractivity contribution < 1.29 is 9.47 Å². The van der Waals surface area contributed by atoms with Crippen LogP contribution in [0.25, 0.3) is 0 Å². The first kappa shape index (κ1) is 9.22. The van der Waals surface area contributed by atoms with Crippen molar-refractivity contribution in [2.75, 3.05) is 13.2 Å². The molecule has 0 atom stereocenters. The van der Waals surface area contributed by atoms with E-state index in [1.54, 1.807) is 17.0 Å². The fourth-order valence-electron chi connectivity index (χ4n) is 0.850. The summed E-state index contributed by atoms with van der Waals surface area (Å²) in [6.07, 6.45) is 5.74. The van der Waals surface area contributed by atoms with Crippen LogP contribution < -0.4 is 0 Å². The van der Waals surface area contributed by atoms with Crippen molar-refractivity contribution in [1.29, 1.82) is 0 Å². The van der Waals surface area contributed by atoms with Crippen LogP contribution in [0.5, 0.6) is 0 Å². The van der Waals surface area contributed by atoms with E-state index in [1.807, 2.05) is 13.8 Å². The monoisotopic (exact) mass is 169 g/mol. The number of aromatic nitrogens is 2. The highest BCUT2D eigenvalue weighted by Crippen LogP contribution is 2.08. The predicted octanol–water partition coefficient (Wildman–Crippen LogP) is 1.21. The zero-order valence-corrected chi connectivity index (χ0v) is 7.36. The maximum Gasteiger partial charge on any atom is 0.222 e. The van der Waals surface area contributed by atoms with Crippen molar-refractivity contribution in [2.24, 2.45) is 0 Å². The van der Waals surface area contributed by atoms with E-state index in [9.17, 15) is 0 Å². The van der Waals surface area contributed by atoms with Gasteiger partial charge in [0.2, 0.25) is 6.41 Å². The first-order valence-electron chi connectivity index (χ1n) is 4.02. The Balaban J connectivity index is 2.53.